The number of carboxylic acids is 1. The summed E-state index contributed by atoms with van der Waals surface area (Å²) < 4.78 is 24.8. The topological polar surface area (TPSA) is 54.4 Å². The molecule has 0 spiro atoms. The van der Waals surface area contributed by atoms with Crippen LogP contribution in [0.1, 0.15) is 18.9 Å². The molecule has 6 heteroatoms. The summed E-state index contributed by atoms with van der Waals surface area (Å²) >= 11 is 5.82. The van der Waals surface area contributed by atoms with Crippen LogP contribution in [0.15, 0.2) is 18.2 Å². The molecule has 0 saturated carbocycles. The van der Waals surface area contributed by atoms with Crippen LogP contribution in [0.3, 0.4) is 0 Å². The molecule has 0 fully saturated rings. The van der Waals surface area contributed by atoms with E-state index in [2.05, 4.69) is 0 Å². The molecular weight excluding hydrogens is 267 g/mol. The van der Waals surface area contributed by atoms with E-state index in [4.69, 9.17) is 16.7 Å². The summed E-state index contributed by atoms with van der Waals surface area (Å²) in [5.74, 6) is -1.65. The molecule has 3 nitrogen and oxygen atoms in total. The summed E-state index contributed by atoms with van der Waals surface area (Å²) in [5.41, 5.74) is 0.365. The SMILES string of the molecule is CCC(C(=O)O)S(=O)Cc1cc(F)ccc1Cl. The van der Waals surface area contributed by atoms with Crippen molar-refractivity contribution in [3.8, 4) is 0 Å². The maximum Gasteiger partial charge on any atom is 0.319 e. The summed E-state index contributed by atoms with van der Waals surface area (Å²) in [7, 11) is -1.61. The standard InChI is InChI=1S/C11H12ClFO3S/c1-2-10(11(14)15)17(16)6-7-5-8(13)3-4-9(7)12/h3-5,10H,2,6H2,1H3,(H,14,15). The normalized spacial score (nSPS) is 14.3. The van der Waals surface area contributed by atoms with Gasteiger partial charge in [-0.2, -0.15) is 0 Å². The van der Waals surface area contributed by atoms with Crippen molar-refractivity contribution in [1.82, 2.24) is 0 Å². The zero-order chi connectivity index (χ0) is 13.0. The maximum atomic E-state index is 13.0. The van der Waals surface area contributed by atoms with Gasteiger partial charge in [-0.25, -0.2) is 4.39 Å². The molecule has 94 valence electrons. The first kappa shape index (κ1) is 14.1. The molecule has 0 radical (unpaired) electrons. The Morgan fingerprint density at radius 1 is 1.59 bits per heavy atom. The fourth-order valence-corrected chi connectivity index (χ4v) is 2.99. The lowest BCUT2D eigenvalue weighted by atomic mass is 10.2. The van der Waals surface area contributed by atoms with Crippen LogP contribution in [0.4, 0.5) is 4.39 Å². The molecule has 2 atom stereocenters. The monoisotopic (exact) mass is 278 g/mol. The molecule has 0 aliphatic carbocycles. The van der Waals surface area contributed by atoms with E-state index in [1.807, 2.05) is 0 Å². The highest BCUT2D eigenvalue weighted by molar-refractivity contribution is 7.85. The van der Waals surface area contributed by atoms with Crippen molar-refractivity contribution in [2.45, 2.75) is 24.3 Å². The van der Waals surface area contributed by atoms with Crippen molar-refractivity contribution in [3.63, 3.8) is 0 Å². The second-order valence-corrected chi connectivity index (χ2v) is 5.52. The Labute approximate surface area is 106 Å². The first-order valence-electron chi connectivity index (χ1n) is 4.99. The molecule has 0 saturated heterocycles. The average Bonchev–Trinajstić information content (AvgIpc) is 2.24. The van der Waals surface area contributed by atoms with E-state index in [1.165, 1.54) is 18.2 Å². The highest BCUT2D eigenvalue weighted by Gasteiger charge is 2.23. The zero-order valence-electron chi connectivity index (χ0n) is 9.15. The van der Waals surface area contributed by atoms with Crippen molar-refractivity contribution < 1.29 is 18.5 Å². The van der Waals surface area contributed by atoms with Crippen LogP contribution in [0.5, 0.6) is 0 Å². The predicted molar refractivity (Wildman–Crippen MR) is 65.0 cm³/mol. The third kappa shape index (κ3) is 3.78. The molecule has 2 unspecified atom stereocenters. The van der Waals surface area contributed by atoms with Gasteiger partial charge in [0.25, 0.3) is 0 Å². The maximum absolute atomic E-state index is 13.0. The number of hydrogen-bond donors (Lipinski definition) is 1. The second kappa shape index (κ2) is 6.12. The average molecular weight is 279 g/mol. The summed E-state index contributed by atoms with van der Waals surface area (Å²) in [6.07, 6.45) is 0.259. The molecule has 0 aromatic heterocycles. The minimum Gasteiger partial charge on any atom is -0.480 e. The lowest BCUT2D eigenvalue weighted by Gasteiger charge is -2.10. The van der Waals surface area contributed by atoms with Gasteiger partial charge in [0.1, 0.15) is 11.1 Å². The van der Waals surface area contributed by atoms with Crippen LogP contribution in [-0.2, 0) is 21.3 Å². The van der Waals surface area contributed by atoms with Crippen LogP contribution in [0.25, 0.3) is 0 Å². The Hall–Kier alpha value is -0.940. The van der Waals surface area contributed by atoms with Gasteiger partial charge in [-0.05, 0) is 30.2 Å². The Morgan fingerprint density at radius 2 is 2.24 bits per heavy atom. The van der Waals surface area contributed by atoms with Crippen LogP contribution >= 0.6 is 11.6 Å². The van der Waals surface area contributed by atoms with E-state index in [1.54, 1.807) is 6.92 Å². The first-order chi connectivity index (χ1) is 7.95. The van der Waals surface area contributed by atoms with Crippen molar-refractivity contribution in [2.24, 2.45) is 0 Å². The van der Waals surface area contributed by atoms with Crippen LogP contribution < -0.4 is 0 Å². The number of carboxylic acid groups (broad SMARTS) is 1. The van der Waals surface area contributed by atoms with E-state index in [0.717, 1.165) is 0 Å². The van der Waals surface area contributed by atoms with Gasteiger partial charge in [0, 0.05) is 15.8 Å². The number of halogens is 2. The van der Waals surface area contributed by atoms with Gasteiger partial charge in [0.05, 0.1) is 5.75 Å². The highest BCUT2D eigenvalue weighted by Crippen LogP contribution is 2.20. The van der Waals surface area contributed by atoms with E-state index >= 15 is 0 Å². The Kier molecular flexibility index (Phi) is 5.08. The van der Waals surface area contributed by atoms with Gasteiger partial charge in [0.15, 0.2) is 0 Å². The van der Waals surface area contributed by atoms with Crippen LogP contribution in [-0.4, -0.2) is 20.5 Å². The smallest absolute Gasteiger partial charge is 0.319 e. The van der Waals surface area contributed by atoms with E-state index in [-0.39, 0.29) is 12.2 Å². The fourth-order valence-electron chi connectivity index (χ4n) is 1.38. The molecule has 0 aliphatic rings. The number of carbonyl (C=O) groups is 1. The molecule has 0 aliphatic heterocycles. The molecule has 1 aromatic rings. The number of aliphatic carboxylic acids is 1. The van der Waals surface area contributed by atoms with Gasteiger partial charge in [-0.1, -0.05) is 18.5 Å². The molecule has 0 bridgehead atoms. The van der Waals surface area contributed by atoms with Crippen LogP contribution in [0.2, 0.25) is 5.02 Å². The van der Waals surface area contributed by atoms with E-state index in [9.17, 15) is 13.4 Å². The summed E-state index contributed by atoms with van der Waals surface area (Å²) in [5, 5.41) is 8.19. The van der Waals surface area contributed by atoms with Gasteiger partial charge in [-0.3, -0.25) is 9.00 Å². The molecule has 1 N–H and O–H groups in total. The van der Waals surface area contributed by atoms with Crippen molar-refractivity contribution in [3.05, 3.63) is 34.6 Å². The minimum absolute atomic E-state index is 0.0542. The zero-order valence-corrected chi connectivity index (χ0v) is 10.7. The Morgan fingerprint density at radius 3 is 2.76 bits per heavy atom. The van der Waals surface area contributed by atoms with Crippen molar-refractivity contribution >= 4 is 28.4 Å². The Balaban J connectivity index is 2.87. The number of rotatable bonds is 5. The molecule has 17 heavy (non-hydrogen) atoms. The number of benzene rings is 1. The summed E-state index contributed by atoms with van der Waals surface area (Å²) in [6.45, 7) is 1.64. The third-order valence-electron chi connectivity index (χ3n) is 2.27. The Bertz CT molecular complexity index is 450. The number of hydrogen-bond acceptors (Lipinski definition) is 2. The van der Waals surface area contributed by atoms with E-state index < -0.39 is 27.8 Å². The fraction of sp³-hybridized carbons (Fsp3) is 0.364. The van der Waals surface area contributed by atoms with Gasteiger partial charge >= 0.3 is 5.97 Å². The predicted octanol–water partition coefficient (Wildman–Crippen LogP) is 2.59. The lowest BCUT2D eigenvalue weighted by Crippen LogP contribution is -2.25. The minimum atomic E-state index is -1.61. The van der Waals surface area contributed by atoms with Gasteiger partial charge in [0.2, 0.25) is 0 Å². The largest absolute Gasteiger partial charge is 0.480 e. The lowest BCUT2D eigenvalue weighted by molar-refractivity contribution is -0.136. The van der Waals surface area contributed by atoms with Crippen molar-refractivity contribution in [1.29, 1.82) is 0 Å². The molecular formula is C11H12ClFO3S. The quantitative estimate of drug-likeness (QED) is 0.901. The van der Waals surface area contributed by atoms with Crippen LogP contribution in [0, 0.1) is 5.82 Å². The summed E-state index contributed by atoms with van der Waals surface area (Å²) in [6, 6.07) is 3.74. The highest BCUT2D eigenvalue weighted by atomic mass is 35.5. The van der Waals surface area contributed by atoms with E-state index in [0.29, 0.717) is 10.6 Å². The summed E-state index contributed by atoms with van der Waals surface area (Å²) in [4.78, 5) is 10.8. The molecule has 1 rings (SSSR count). The molecule has 1 aromatic carbocycles. The van der Waals surface area contributed by atoms with Gasteiger partial charge < -0.3 is 5.11 Å². The second-order valence-electron chi connectivity index (χ2n) is 3.50. The third-order valence-corrected chi connectivity index (χ3v) is 4.40. The first-order valence-corrected chi connectivity index (χ1v) is 6.75. The molecule has 0 heterocycles. The van der Waals surface area contributed by atoms with Crippen molar-refractivity contribution in [2.75, 3.05) is 0 Å². The van der Waals surface area contributed by atoms with Gasteiger partial charge in [-0.15, -0.1) is 0 Å². The molecule has 0 amide bonds.